The molecule has 0 radical (unpaired) electrons. The third kappa shape index (κ3) is 8.27. The lowest BCUT2D eigenvalue weighted by Crippen LogP contribution is -2.36. The molecule has 0 aliphatic carbocycles. The minimum Gasteiger partial charge on any atom is -0.494 e. The highest BCUT2D eigenvalue weighted by molar-refractivity contribution is 6.30. The van der Waals surface area contributed by atoms with Gasteiger partial charge in [0.1, 0.15) is 5.75 Å². The highest BCUT2D eigenvalue weighted by atomic mass is 35.5. The van der Waals surface area contributed by atoms with Gasteiger partial charge in [-0.2, -0.15) is 0 Å². The van der Waals surface area contributed by atoms with Crippen molar-refractivity contribution in [3.05, 3.63) is 58.6 Å². The van der Waals surface area contributed by atoms with E-state index in [4.69, 9.17) is 16.3 Å². The molecule has 0 saturated heterocycles. The zero-order valence-corrected chi connectivity index (χ0v) is 19.7. The lowest BCUT2D eigenvalue weighted by atomic mass is 9.92. The maximum absolute atomic E-state index is 13.1. The molecule has 0 spiro atoms. The van der Waals surface area contributed by atoms with Crippen molar-refractivity contribution >= 4 is 23.3 Å². The van der Waals surface area contributed by atoms with Crippen LogP contribution in [0.15, 0.2) is 42.5 Å². The second-order valence-electron chi connectivity index (χ2n) is 8.97. The third-order valence-electron chi connectivity index (χ3n) is 4.91. The highest BCUT2D eigenvalue weighted by Gasteiger charge is 2.19. The second kappa shape index (κ2) is 11.3. The van der Waals surface area contributed by atoms with Crippen LogP contribution in [0.1, 0.15) is 58.1 Å². The smallest absolute Gasteiger partial charge is 0.322 e. The summed E-state index contributed by atoms with van der Waals surface area (Å²) in [4.78, 5) is 14.9. The van der Waals surface area contributed by atoms with E-state index in [1.165, 1.54) is 0 Å². The quantitative estimate of drug-likeness (QED) is 0.424. The summed E-state index contributed by atoms with van der Waals surface area (Å²) in [6, 6.07) is 13.4. The number of halogens is 1. The van der Waals surface area contributed by atoms with Crippen molar-refractivity contribution in [1.82, 2.24) is 4.90 Å². The van der Waals surface area contributed by atoms with E-state index < -0.39 is 0 Å². The van der Waals surface area contributed by atoms with Gasteiger partial charge in [-0.25, -0.2) is 4.79 Å². The number of ether oxygens (including phenoxy) is 1. The maximum atomic E-state index is 13.1. The van der Waals surface area contributed by atoms with Crippen molar-refractivity contribution in [1.29, 1.82) is 0 Å². The Balaban J connectivity index is 2.09. The minimum absolute atomic E-state index is 0.104. The molecule has 0 aliphatic heterocycles. The van der Waals surface area contributed by atoms with Crippen LogP contribution in [0.5, 0.6) is 5.75 Å². The molecular weight excluding hydrogens is 396 g/mol. The SMILES string of the molecule is CCCCOc1ccc(CN(CCC(C)(C)C)C(=O)Nc2ccc(Cl)cc2C)cc1. The van der Waals surface area contributed by atoms with Gasteiger partial charge in [0.15, 0.2) is 0 Å². The number of hydrogen-bond acceptors (Lipinski definition) is 2. The Bertz CT molecular complexity index is 813. The average Bonchev–Trinajstić information content (AvgIpc) is 2.68. The van der Waals surface area contributed by atoms with Crippen LogP contribution in [0.25, 0.3) is 0 Å². The monoisotopic (exact) mass is 430 g/mol. The molecule has 164 valence electrons. The molecule has 0 bridgehead atoms. The summed E-state index contributed by atoms with van der Waals surface area (Å²) in [5.41, 5.74) is 2.95. The molecule has 1 N–H and O–H groups in total. The minimum atomic E-state index is -0.104. The van der Waals surface area contributed by atoms with Crippen molar-refractivity contribution in [3.8, 4) is 5.75 Å². The van der Waals surface area contributed by atoms with Gasteiger partial charge in [0.2, 0.25) is 0 Å². The Morgan fingerprint density at radius 3 is 2.43 bits per heavy atom. The number of hydrogen-bond donors (Lipinski definition) is 1. The van der Waals surface area contributed by atoms with Gasteiger partial charge < -0.3 is 15.0 Å². The van der Waals surface area contributed by atoms with E-state index in [1.54, 1.807) is 6.07 Å². The van der Waals surface area contributed by atoms with Gasteiger partial charge in [0.05, 0.1) is 6.61 Å². The van der Waals surface area contributed by atoms with Crippen LogP contribution in [0.3, 0.4) is 0 Å². The van der Waals surface area contributed by atoms with Crippen molar-refractivity contribution in [2.75, 3.05) is 18.5 Å². The molecule has 0 fully saturated rings. The maximum Gasteiger partial charge on any atom is 0.322 e. The summed E-state index contributed by atoms with van der Waals surface area (Å²) in [5, 5.41) is 3.71. The highest BCUT2D eigenvalue weighted by Crippen LogP contribution is 2.23. The largest absolute Gasteiger partial charge is 0.494 e. The first-order chi connectivity index (χ1) is 14.2. The topological polar surface area (TPSA) is 41.6 Å². The lowest BCUT2D eigenvalue weighted by molar-refractivity contribution is 0.198. The molecule has 2 amide bonds. The Hall–Kier alpha value is -2.20. The van der Waals surface area contributed by atoms with E-state index in [-0.39, 0.29) is 11.4 Å². The predicted octanol–water partition coefficient (Wildman–Crippen LogP) is 7.30. The molecule has 0 saturated carbocycles. The first-order valence-corrected chi connectivity index (χ1v) is 11.1. The zero-order chi connectivity index (χ0) is 22.1. The average molecular weight is 431 g/mol. The van der Waals surface area contributed by atoms with Crippen LogP contribution in [-0.4, -0.2) is 24.1 Å². The number of anilines is 1. The van der Waals surface area contributed by atoms with E-state index in [9.17, 15) is 4.79 Å². The predicted molar refractivity (Wildman–Crippen MR) is 127 cm³/mol. The number of unbranched alkanes of at least 4 members (excludes halogenated alkanes) is 1. The van der Waals surface area contributed by atoms with E-state index in [0.717, 1.165) is 48.4 Å². The number of benzene rings is 2. The van der Waals surface area contributed by atoms with Crippen molar-refractivity contribution in [2.45, 2.75) is 60.4 Å². The Morgan fingerprint density at radius 2 is 1.83 bits per heavy atom. The van der Waals surface area contributed by atoms with Gasteiger partial charge in [-0.3, -0.25) is 0 Å². The molecule has 2 aromatic rings. The van der Waals surface area contributed by atoms with Crippen LogP contribution < -0.4 is 10.1 Å². The van der Waals surface area contributed by atoms with Crippen LogP contribution >= 0.6 is 11.6 Å². The van der Waals surface area contributed by atoms with E-state index in [1.807, 2.05) is 48.2 Å². The van der Waals surface area contributed by atoms with Gasteiger partial charge in [0.25, 0.3) is 0 Å². The van der Waals surface area contributed by atoms with Gasteiger partial charge in [0, 0.05) is 23.8 Å². The summed E-state index contributed by atoms with van der Waals surface area (Å²) in [6.45, 7) is 12.6. The van der Waals surface area contributed by atoms with Gasteiger partial charge in [-0.15, -0.1) is 0 Å². The van der Waals surface area contributed by atoms with Crippen LogP contribution in [0.4, 0.5) is 10.5 Å². The third-order valence-corrected chi connectivity index (χ3v) is 5.15. The first kappa shape index (κ1) is 24.1. The number of carbonyl (C=O) groups excluding carboxylic acids is 1. The standard InChI is InChI=1S/C25H35ClN2O2/c1-6-7-16-30-22-11-8-20(9-12-22)18-28(15-14-25(3,4)5)24(29)27-23-13-10-21(26)17-19(23)2/h8-13,17H,6-7,14-16,18H2,1-5H3,(H,27,29). The van der Waals surface area contributed by atoms with Crippen LogP contribution in [0.2, 0.25) is 5.02 Å². The molecule has 5 heteroatoms. The number of amides is 2. The van der Waals surface area contributed by atoms with Crippen LogP contribution in [-0.2, 0) is 6.54 Å². The summed E-state index contributed by atoms with van der Waals surface area (Å²) in [6.07, 6.45) is 3.08. The van der Waals surface area contributed by atoms with E-state index in [0.29, 0.717) is 18.1 Å². The van der Waals surface area contributed by atoms with Gasteiger partial charge in [-0.05, 0) is 66.6 Å². The number of carbonyl (C=O) groups is 1. The molecule has 30 heavy (non-hydrogen) atoms. The van der Waals surface area contributed by atoms with Gasteiger partial charge >= 0.3 is 6.03 Å². The Labute approximate surface area is 186 Å². The summed E-state index contributed by atoms with van der Waals surface area (Å²) < 4.78 is 5.74. The Kier molecular flexibility index (Phi) is 9.04. The van der Waals surface area contributed by atoms with Crippen molar-refractivity contribution in [2.24, 2.45) is 5.41 Å². The molecule has 0 atom stereocenters. The number of urea groups is 1. The summed E-state index contributed by atoms with van der Waals surface area (Å²) >= 11 is 6.04. The van der Waals surface area contributed by atoms with Gasteiger partial charge in [-0.1, -0.05) is 57.8 Å². The van der Waals surface area contributed by atoms with E-state index in [2.05, 4.69) is 33.0 Å². The van der Waals surface area contributed by atoms with E-state index >= 15 is 0 Å². The molecular formula is C25H35ClN2O2. The fraction of sp³-hybridized carbons (Fsp3) is 0.480. The molecule has 2 rings (SSSR count). The van der Waals surface area contributed by atoms with Crippen molar-refractivity contribution < 1.29 is 9.53 Å². The Morgan fingerprint density at radius 1 is 1.13 bits per heavy atom. The van der Waals surface area contributed by atoms with Crippen LogP contribution in [0, 0.1) is 12.3 Å². The fourth-order valence-corrected chi connectivity index (χ4v) is 3.16. The summed E-state index contributed by atoms with van der Waals surface area (Å²) in [7, 11) is 0. The normalized spacial score (nSPS) is 11.3. The van der Waals surface area contributed by atoms with Crippen molar-refractivity contribution in [3.63, 3.8) is 0 Å². The molecule has 4 nitrogen and oxygen atoms in total. The molecule has 0 unspecified atom stereocenters. The number of rotatable bonds is 9. The molecule has 0 aliphatic rings. The molecule has 0 heterocycles. The zero-order valence-electron chi connectivity index (χ0n) is 18.9. The number of nitrogens with one attached hydrogen (secondary N) is 1. The summed E-state index contributed by atoms with van der Waals surface area (Å²) in [5.74, 6) is 0.870. The molecule has 0 aromatic heterocycles. The number of aryl methyl sites for hydroxylation is 1. The lowest BCUT2D eigenvalue weighted by Gasteiger charge is -2.27. The first-order valence-electron chi connectivity index (χ1n) is 10.7. The number of nitrogens with zero attached hydrogens (tertiary/aromatic N) is 1. The molecule has 2 aromatic carbocycles. The second-order valence-corrected chi connectivity index (χ2v) is 9.40. The fourth-order valence-electron chi connectivity index (χ4n) is 2.93.